The maximum atomic E-state index is 5.17. The Morgan fingerprint density at radius 3 is 1.39 bits per heavy atom. The number of nitrogens with zero attached hydrogens (tertiary/aromatic N) is 4. The van der Waals surface area contributed by atoms with Gasteiger partial charge in [-0.2, -0.15) is 0 Å². The summed E-state index contributed by atoms with van der Waals surface area (Å²) in [7, 11) is 0. The van der Waals surface area contributed by atoms with E-state index in [2.05, 4.69) is 199 Å². The molecule has 0 atom stereocenters. The number of rotatable bonds is 4. The van der Waals surface area contributed by atoms with E-state index >= 15 is 0 Å². The molecule has 2 heterocycles. The van der Waals surface area contributed by atoms with Crippen molar-refractivity contribution in [3.63, 3.8) is 0 Å². The van der Waals surface area contributed by atoms with Gasteiger partial charge in [0.15, 0.2) is 17.5 Å². The van der Waals surface area contributed by atoms with Gasteiger partial charge in [0, 0.05) is 33.2 Å². The first-order valence-electron chi connectivity index (χ1n) is 19.4. The number of aromatic nitrogens is 4. The van der Waals surface area contributed by atoms with Crippen LogP contribution in [0.25, 0.3) is 116 Å². The second-order valence-corrected chi connectivity index (χ2v) is 14.8. The molecule has 0 amide bonds. The van der Waals surface area contributed by atoms with Crippen LogP contribution in [0.3, 0.4) is 0 Å². The summed E-state index contributed by atoms with van der Waals surface area (Å²) in [6.45, 7) is 0. The van der Waals surface area contributed by atoms with Crippen molar-refractivity contribution in [2.45, 2.75) is 0 Å². The Balaban J connectivity index is 1.03. The molecule has 0 aliphatic rings. The summed E-state index contributed by atoms with van der Waals surface area (Å²) in [5.74, 6) is 1.94. The van der Waals surface area contributed by atoms with Crippen molar-refractivity contribution >= 4 is 75.7 Å². The zero-order chi connectivity index (χ0) is 37.5. The predicted molar refractivity (Wildman–Crippen MR) is 238 cm³/mol. The minimum atomic E-state index is 0.642. The van der Waals surface area contributed by atoms with Gasteiger partial charge >= 0.3 is 0 Å². The van der Waals surface area contributed by atoms with Crippen molar-refractivity contribution < 1.29 is 0 Å². The van der Waals surface area contributed by atoms with Crippen LogP contribution >= 0.6 is 0 Å². The highest BCUT2D eigenvalue weighted by atomic mass is 15.0. The fourth-order valence-corrected chi connectivity index (χ4v) is 8.84. The fraction of sp³-hybridized carbons (Fsp3) is 0. The van der Waals surface area contributed by atoms with Gasteiger partial charge in [-0.15, -0.1) is 0 Å². The molecule has 12 rings (SSSR count). The summed E-state index contributed by atoms with van der Waals surface area (Å²) in [6.07, 6.45) is 0. The molecule has 0 saturated carbocycles. The smallest absolute Gasteiger partial charge is 0.164 e. The average molecular weight is 725 g/mol. The van der Waals surface area contributed by atoms with E-state index in [0.717, 1.165) is 49.3 Å². The van der Waals surface area contributed by atoms with Gasteiger partial charge in [0.2, 0.25) is 0 Å². The highest BCUT2D eigenvalue weighted by molar-refractivity contribution is 6.28. The van der Waals surface area contributed by atoms with E-state index in [9.17, 15) is 0 Å². The van der Waals surface area contributed by atoms with E-state index in [-0.39, 0.29) is 0 Å². The van der Waals surface area contributed by atoms with E-state index in [1.807, 2.05) is 0 Å². The molecular weight excluding hydrogens is 693 g/mol. The molecule has 12 aromatic rings. The van der Waals surface area contributed by atoms with Crippen LogP contribution in [0, 0.1) is 0 Å². The molecule has 4 heteroatoms. The minimum Gasteiger partial charge on any atom is -0.309 e. The molecule has 0 bridgehead atoms. The number of fused-ring (bicyclic) bond motifs is 10. The van der Waals surface area contributed by atoms with Crippen LogP contribution in [0.15, 0.2) is 194 Å². The highest BCUT2D eigenvalue weighted by Crippen LogP contribution is 2.41. The molecule has 2 aromatic heterocycles. The minimum absolute atomic E-state index is 0.642. The Morgan fingerprint density at radius 1 is 0.298 bits per heavy atom. The summed E-state index contributed by atoms with van der Waals surface area (Å²) in [6, 6.07) is 69.4. The Kier molecular flexibility index (Phi) is 6.89. The Morgan fingerprint density at radius 2 is 0.737 bits per heavy atom. The average Bonchev–Trinajstić information content (AvgIpc) is 3.63. The lowest BCUT2D eigenvalue weighted by Crippen LogP contribution is -2.00. The zero-order valence-electron chi connectivity index (χ0n) is 30.8. The lowest BCUT2D eigenvalue weighted by atomic mass is 10.00. The molecule has 0 aliphatic heterocycles. The lowest BCUT2D eigenvalue weighted by molar-refractivity contribution is 1.08. The van der Waals surface area contributed by atoms with Gasteiger partial charge in [-0.3, -0.25) is 0 Å². The van der Waals surface area contributed by atoms with E-state index in [0.29, 0.717) is 17.5 Å². The third-order valence-electron chi connectivity index (χ3n) is 11.6. The van der Waals surface area contributed by atoms with Crippen LogP contribution in [-0.4, -0.2) is 19.5 Å². The second-order valence-electron chi connectivity index (χ2n) is 14.8. The van der Waals surface area contributed by atoms with Gasteiger partial charge in [-0.25, -0.2) is 15.0 Å². The number of hydrogen-bond donors (Lipinski definition) is 0. The number of hydrogen-bond acceptors (Lipinski definition) is 3. The molecule has 10 aromatic carbocycles. The molecule has 0 spiro atoms. The topological polar surface area (TPSA) is 43.6 Å². The quantitative estimate of drug-likeness (QED) is 0.181. The zero-order valence-corrected chi connectivity index (χ0v) is 30.8. The largest absolute Gasteiger partial charge is 0.309 e. The summed E-state index contributed by atoms with van der Waals surface area (Å²) in [5, 5.41) is 14.4. The molecule has 4 nitrogen and oxygen atoms in total. The third kappa shape index (κ3) is 5.04. The van der Waals surface area contributed by atoms with Gasteiger partial charge in [-0.05, 0) is 90.3 Å². The first kappa shape index (κ1) is 31.6. The first-order chi connectivity index (χ1) is 28.2. The van der Waals surface area contributed by atoms with Crippen molar-refractivity contribution in [2.75, 3.05) is 0 Å². The molecule has 0 radical (unpaired) electrons. The van der Waals surface area contributed by atoms with Gasteiger partial charge in [0.05, 0.1) is 11.0 Å². The van der Waals surface area contributed by atoms with E-state index in [4.69, 9.17) is 15.0 Å². The van der Waals surface area contributed by atoms with Crippen molar-refractivity contribution in [3.05, 3.63) is 194 Å². The summed E-state index contributed by atoms with van der Waals surface area (Å²) in [4.78, 5) is 15.4. The van der Waals surface area contributed by atoms with Crippen molar-refractivity contribution in [1.82, 2.24) is 19.5 Å². The molecule has 264 valence electrons. The number of benzene rings is 10. The van der Waals surface area contributed by atoms with Crippen LogP contribution in [-0.2, 0) is 0 Å². The van der Waals surface area contributed by atoms with Crippen LogP contribution in [0.1, 0.15) is 0 Å². The molecule has 0 fully saturated rings. The van der Waals surface area contributed by atoms with Gasteiger partial charge in [0.25, 0.3) is 0 Å². The molecule has 57 heavy (non-hydrogen) atoms. The van der Waals surface area contributed by atoms with Crippen LogP contribution in [0.4, 0.5) is 0 Å². The van der Waals surface area contributed by atoms with Crippen LogP contribution in [0.5, 0.6) is 0 Å². The summed E-state index contributed by atoms with van der Waals surface area (Å²) in [5.41, 5.74) is 6.40. The molecule has 0 aliphatic carbocycles. The standard InChI is InChI=1S/C53H32N4/c1-2-14-37-30-40(22-20-33(37)10-1)51-54-52(56-53(55-51)46-19-9-15-34-11-3-6-16-43(34)46)41-23-21-39-32-42(27-24-38(39)31-41)57-47-28-25-35-12-4-7-17-44(35)49(47)50-45-18-8-5-13-36(45)26-29-48(50)57/h1-32H. The molecular formula is C53H32N4. The SMILES string of the molecule is c1ccc2cc(-c3nc(-c4ccc5cc(-n6c7ccc8ccccc8c7c7c8ccccc8ccc76)ccc5c4)nc(-c4cccc5ccccc45)n3)ccc2c1. The van der Waals surface area contributed by atoms with Gasteiger partial charge < -0.3 is 4.57 Å². The summed E-state index contributed by atoms with van der Waals surface area (Å²) >= 11 is 0. The second kappa shape index (κ2) is 12.4. The Bertz CT molecular complexity index is 3500. The first-order valence-corrected chi connectivity index (χ1v) is 19.4. The van der Waals surface area contributed by atoms with Crippen molar-refractivity contribution in [2.24, 2.45) is 0 Å². The predicted octanol–water partition coefficient (Wildman–Crippen LogP) is 13.7. The van der Waals surface area contributed by atoms with E-state index in [1.54, 1.807) is 0 Å². The Labute approximate surface area is 328 Å². The van der Waals surface area contributed by atoms with Gasteiger partial charge in [-0.1, -0.05) is 158 Å². The highest BCUT2D eigenvalue weighted by Gasteiger charge is 2.19. The maximum absolute atomic E-state index is 5.17. The normalized spacial score (nSPS) is 11.9. The van der Waals surface area contributed by atoms with E-state index < -0.39 is 0 Å². The monoisotopic (exact) mass is 724 g/mol. The van der Waals surface area contributed by atoms with Gasteiger partial charge in [0.1, 0.15) is 0 Å². The molecule has 0 N–H and O–H groups in total. The maximum Gasteiger partial charge on any atom is 0.164 e. The van der Waals surface area contributed by atoms with E-state index in [1.165, 1.54) is 48.7 Å². The molecule has 0 saturated heterocycles. The molecule has 0 unspecified atom stereocenters. The Hall–Kier alpha value is -7.69. The lowest BCUT2D eigenvalue weighted by Gasteiger charge is -2.12. The fourth-order valence-electron chi connectivity index (χ4n) is 8.84. The van der Waals surface area contributed by atoms with Crippen LogP contribution < -0.4 is 0 Å². The third-order valence-corrected chi connectivity index (χ3v) is 11.6. The van der Waals surface area contributed by atoms with Crippen molar-refractivity contribution in [3.8, 4) is 39.9 Å². The van der Waals surface area contributed by atoms with Crippen molar-refractivity contribution in [1.29, 1.82) is 0 Å². The van der Waals surface area contributed by atoms with Crippen LogP contribution in [0.2, 0.25) is 0 Å². The summed E-state index contributed by atoms with van der Waals surface area (Å²) < 4.78 is 2.43.